The predicted molar refractivity (Wildman–Crippen MR) is 135 cm³/mol. The highest BCUT2D eigenvalue weighted by molar-refractivity contribution is 7.71. The molecule has 2 N–H and O–H groups in total. The first-order valence-electron chi connectivity index (χ1n) is 9.86. The van der Waals surface area contributed by atoms with E-state index in [0.717, 1.165) is 16.7 Å². The second-order valence-corrected chi connectivity index (χ2v) is 8.65. The van der Waals surface area contributed by atoms with Crippen LogP contribution in [0.1, 0.15) is 11.1 Å². The van der Waals surface area contributed by atoms with Crippen LogP contribution < -0.4 is 14.9 Å². The van der Waals surface area contributed by atoms with E-state index in [4.69, 9.17) is 56.5 Å². The molecule has 0 aliphatic carbocycles. The van der Waals surface area contributed by atoms with Gasteiger partial charge in [-0.25, -0.2) is 9.77 Å². The van der Waals surface area contributed by atoms with E-state index >= 15 is 0 Å². The van der Waals surface area contributed by atoms with Crippen LogP contribution in [0.5, 0.6) is 11.5 Å². The molecule has 0 spiro atoms. The average Bonchev–Trinajstić information content (AvgIpc) is 3.18. The van der Waals surface area contributed by atoms with Crippen molar-refractivity contribution >= 4 is 47.0 Å². The molecule has 0 fully saturated rings. The summed E-state index contributed by atoms with van der Waals surface area (Å²) < 4.78 is 13.6. The Morgan fingerprint density at radius 2 is 1.73 bits per heavy atom. The summed E-state index contributed by atoms with van der Waals surface area (Å²) >= 11 is 24.1. The topological polar surface area (TPSA) is 64.1 Å². The molecule has 0 amide bonds. The summed E-state index contributed by atoms with van der Waals surface area (Å²) in [7, 11) is 1.57. The number of H-pyrrole nitrogens is 1. The van der Waals surface area contributed by atoms with Gasteiger partial charge in [0.1, 0.15) is 6.61 Å². The Morgan fingerprint density at radius 1 is 0.970 bits per heavy atom. The normalized spacial score (nSPS) is 10.8. The summed E-state index contributed by atoms with van der Waals surface area (Å²) in [6, 6.07) is 18.5. The molecule has 1 aromatic heterocycles. The van der Waals surface area contributed by atoms with Crippen LogP contribution in [-0.4, -0.2) is 22.0 Å². The van der Waals surface area contributed by atoms with Crippen LogP contribution in [-0.2, 0) is 13.2 Å². The standard InChI is InChI=1S/C23H19Cl3N4O2S/c1-31-20-9-16(12-27-30-22(28-29-23(30)33)14-5-3-2-4-6-14)19(26)11-21(20)32-13-15-7-8-17(24)10-18(15)25/h2-11,27H,12-13H2,1H3,(H,29,33). The Labute approximate surface area is 211 Å². The highest BCUT2D eigenvalue weighted by Gasteiger charge is 2.14. The molecule has 4 rings (SSSR count). The van der Waals surface area contributed by atoms with Crippen LogP contribution >= 0.6 is 47.0 Å². The fourth-order valence-electron chi connectivity index (χ4n) is 3.17. The molecule has 0 bridgehead atoms. The maximum atomic E-state index is 6.55. The lowest BCUT2D eigenvalue weighted by atomic mass is 10.2. The van der Waals surface area contributed by atoms with E-state index in [1.54, 1.807) is 30.0 Å². The summed E-state index contributed by atoms with van der Waals surface area (Å²) in [6.45, 7) is 0.622. The van der Waals surface area contributed by atoms with Gasteiger partial charge in [-0.2, -0.15) is 5.10 Å². The van der Waals surface area contributed by atoms with Gasteiger partial charge in [-0.3, -0.25) is 0 Å². The quantitative estimate of drug-likeness (QED) is 0.247. The summed E-state index contributed by atoms with van der Waals surface area (Å²) in [4.78, 5) is 0. The first kappa shape index (κ1) is 23.4. The fraction of sp³-hybridized carbons (Fsp3) is 0.130. The lowest BCUT2D eigenvalue weighted by molar-refractivity contribution is 0.284. The predicted octanol–water partition coefficient (Wildman–Crippen LogP) is 6.90. The first-order valence-corrected chi connectivity index (χ1v) is 11.4. The molecule has 170 valence electrons. The maximum absolute atomic E-state index is 6.55. The van der Waals surface area contributed by atoms with Gasteiger partial charge in [0.05, 0.1) is 13.7 Å². The highest BCUT2D eigenvalue weighted by Crippen LogP contribution is 2.34. The number of aromatic amines is 1. The van der Waals surface area contributed by atoms with Crippen molar-refractivity contribution in [1.82, 2.24) is 14.9 Å². The third-order valence-electron chi connectivity index (χ3n) is 4.86. The van der Waals surface area contributed by atoms with Gasteiger partial charge in [0.15, 0.2) is 17.3 Å². The molecule has 0 aliphatic rings. The molecular weight excluding hydrogens is 503 g/mol. The molecule has 0 saturated carbocycles. The van der Waals surface area contributed by atoms with E-state index in [2.05, 4.69) is 15.6 Å². The Balaban J connectivity index is 1.52. The Bertz CT molecular complexity index is 1330. The number of hydrogen-bond acceptors (Lipinski definition) is 5. The zero-order valence-corrected chi connectivity index (χ0v) is 20.5. The smallest absolute Gasteiger partial charge is 0.214 e. The van der Waals surface area contributed by atoms with Crippen molar-refractivity contribution in [2.45, 2.75) is 13.2 Å². The van der Waals surface area contributed by atoms with Crippen LogP contribution in [0.4, 0.5) is 0 Å². The van der Waals surface area contributed by atoms with Crippen molar-refractivity contribution in [3.05, 3.63) is 91.6 Å². The lowest BCUT2D eigenvalue weighted by Crippen LogP contribution is -2.16. The van der Waals surface area contributed by atoms with Gasteiger partial charge in [0.2, 0.25) is 4.77 Å². The molecule has 6 nitrogen and oxygen atoms in total. The average molecular weight is 522 g/mol. The molecule has 1 heterocycles. The Morgan fingerprint density at radius 3 is 2.45 bits per heavy atom. The molecule has 3 aromatic carbocycles. The number of hydrogen-bond donors (Lipinski definition) is 2. The van der Waals surface area contributed by atoms with Gasteiger partial charge in [-0.15, -0.1) is 0 Å². The van der Waals surface area contributed by atoms with Gasteiger partial charge in [0, 0.05) is 32.3 Å². The molecule has 10 heteroatoms. The van der Waals surface area contributed by atoms with Crippen LogP contribution in [0.2, 0.25) is 15.1 Å². The SMILES string of the molecule is COc1cc(CNn2c(-c3ccccc3)n[nH]c2=S)c(Cl)cc1OCc1ccc(Cl)cc1Cl. The van der Waals surface area contributed by atoms with E-state index < -0.39 is 0 Å². The summed E-state index contributed by atoms with van der Waals surface area (Å²) in [6.07, 6.45) is 0. The van der Waals surface area contributed by atoms with Crippen LogP contribution in [0.3, 0.4) is 0 Å². The van der Waals surface area contributed by atoms with Crippen LogP contribution in [0.25, 0.3) is 11.4 Å². The van der Waals surface area contributed by atoms with Crippen molar-refractivity contribution < 1.29 is 9.47 Å². The molecule has 4 aromatic rings. The van der Waals surface area contributed by atoms with Gasteiger partial charge in [-0.1, -0.05) is 71.2 Å². The molecule has 0 radical (unpaired) electrons. The van der Waals surface area contributed by atoms with Crippen LogP contribution in [0.15, 0.2) is 60.7 Å². The van der Waals surface area contributed by atoms with E-state index in [0.29, 0.717) is 43.7 Å². The van der Waals surface area contributed by atoms with Gasteiger partial charge in [-0.05, 0) is 36.0 Å². The van der Waals surface area contributed by atoms with Gasteiger partial charge >= 0.3 is 0 Å². The summed E-state index contributed by atoms with van der Waals surface area (Å²) in [5, 5.41) is 8.74. The number of ether oxygens (including phenoxy) is 2. The second kappa shape index (κ2) is 10.5. The largest absolute Gasteiger partial charge is 0.493 e. The third kappa shape index (κ3) is 5.45. The van der Waals surface area contributed by atoms with E-state index in [1.807, 2.05) is 42.5 Å². The molecule has 0 atom stereocenters. The Kier molecular flexibility index (Phi) is 7.45. The summed E-state index contributed by atoms with van der Waals surface area (Å²) in [5.74, 6) is 1.71. The van der Waals surface area contributed by atoms with E-state index in [1.165, 1.54) is 0 Å². The van der Waals surface area contributed by atoms with Crippen molar-refractivity contribution in [3.8, 4) is 22.9 Å². The molecule has 33 heavy (non-hydrogen) atoms. The van der Waals surface area contributed by atoms with Crippen molar-refractivity contribution in [2.75, 3.05) is 12.5 Å². The Hall–Kier alpha value is -2.71. The number of nitrogens with zero attached hydrogens (tertiary/aromatic N) is 2. The number of benzene rings is 3. The monoisotopic (exact) mass is 520 g/mol. The molecular formula is C23H19Cl3N4O2S. The number of halogens is 3. The number of methoxy groups -OCH3 is 1. The maximum Gasteiger partial charge on any atom is 0.214 e. The molecule has 0 saturated heterocycles. The minimum Gasteiger partial charge on any atom is -0.493 e. The highest BCUT2D eigenvalue weighted by atomic mass is 35.5. The third-order valence-corrected chi connectivity index (χ3v) is 6.08. The molecule has 0 aliphatic heterocycles. The van der Waals surface area contributed by atoms with Gasteiger partial charge in [0.25, 0.3) is 0 Å². The molecule has 0 unspecified atom stereocenters. The van der Waals surface area contributed by atoms with E-state index in [-0.39, 0.29) is 6.61 Å². The first-order chi connectivity index (χ1) is 16.0. The zero-order valence-electron chi connectivity index (χ0n) is 17.4. The number of nitrogens with one attached hydrogen (secondary N) is 2. The van der Waals surface area contributed by atoms with E-state index in [9.17, 15) is 0 Å². The van der Waals surface area contributed by atoms with Crippen LogP contribution in [0, 0.1) is 4.77 Å². The summed E-state index contributed by atoms with van der Waals surface area (Å²) in [5.41, 5.74) is 5.79. The fourth-order valence-corrected chi connectivity index (χ4v) is 4.05. The van der Waals surface area contributed by atoms with Crippen molar-refractivity contribution in [1.29, 1.82) is 0 Å². The van der Waals surface area contributed by atoms with Gasteiger partial charge < -0.3 is 14.9 Å². The zero-order chi connectivity index (χ0) is 23.4. The minimum atomic E-state index is 0.241. The second-order valence-electron chi connectivity index (χ2n) is 7.01. The van der Waals surface area contributed by atoms with Crippen molar-refractivity contribution in [2.24, 2.45) is 0 Å². The lowest BCUT2D eigenvalue weighted by Gasteiger charge is -2.16. The number of rotatable bonds is 8. The minimum absolute atomic E-state index is 0.241. The number of aromatic nitrogens is 3. The van der Waals surface area contributed by atoms with Crippen molar-refractivity contribution in [3.63, 3.8) is 0 Å².